The van der Waals surface area contributed by atoms with Crippen LogP contribution in [0.15, 0.2) is 0 Å². The van der Waals surface area contributed by atoms with Gasteiger partial charge in [-0.3, -0.25) is 15.8 Å². The van der Waals surface area contributed by atoms with Crippen molar-refractivity contribution < 1.29 is 14.3 Å². The quantitative estimate of drug-likeness (QED) is 0.544. The molecule has 5 heteroatoms. The molecule has 65 valence electrons. The van der Waals surface area contributed by atoms with E-state index in [2.05, 4.69) is 5.32 Å². The molecule has 2 N–H and O–H groups in total. The van der Waals surface area contributed by atoms with Gasteiger partial charge in [0.2, 0.25) is 5.91 Å². The molecular formula is C6H13N2O3. The Kier molecular flexibility index (Phi) is 4.02. The molecule has 0 rings (SSSR count). The fraction of sp³-hybridized carbons (Fsp3) is 0.833. The van der Waals surface area contributed by atoms with E-state index in [4.69, 9.17) is 15.2 Å². The van der Waals surface area contributed by atoms with Gasteiger partial charge in [-0.2, -0.15) is 0 Å². The highest BCUT2D eigenvalue weighted by Gasteiger charge is 2.21. The molecule has 0 aliphatic heterocycles. The maximum Gasteiger partial charge on any atom is 0.252 e. The average Bonchev–Trinajstić information content (AvgIpc) is 2.00. The minimum absolute atomic E-state index is 0.0851. The molecule has 0 bridgehead atoms. The molecule has 0 atom stereocenters. The normalized spacial score (nSPS) is 11.5. The molecule has 1 radical (unpaired) electrons. The smallest absolute Gasteiger partial charge is 0.252 e. The standard InChI is InChI=1S/C6H13N2O3/c1-6(10-2,11-3)8-4-5(7)9/h7-8H,4H2,1-3H3. The van der Waals surface area contributed by atoms with Crippen molar-refractivity contribution in [2.75, 3.05) is 20.8 Å². The number of nitrogens with one attached hydrogen (secondary N) is 2. The Labute approximate surface area is 65.8 Å². The van der Waals surface area contributed by atoms with Crippen molar-refractivity contribution in [3.63, 3.8) is 0 Å². The van der Waals surface area contributed by atoms with Gasteiger partial charge in [0, 0.05) is 21.1 Å². The second-order valence-corrected chi connectivity index (χ2v) is 2.13. The van der Waals surface area contributed by atoms with E-state index < -0.39 is 11.8 Å². The predicted octanol–water partition coefficient (Wildman–Crippen LogP) is -0.648. The topological polar surface area (TPSA) is 71.4 Å². The minimum Gasteiger partial charge on any atom is -0.341 e. The van der Waals surface area contributed by atoms with E-state index in [1.165, 1.54) is 14.2 Å². The summed E-state index contributed by atoms with van der Waals surface area (Å²) in [6, 6.07) is 0. The van der Waals surface area contributed by atoms with Crippen LogP contribution in [0.1, 0.15) is 6.92 Å². The van der Waals surface area contributed by atoms with E-state index in [1.807, 2.05) is 0 Å². The second kappa shape index (κ2) is 4.27. The Hall–Kier alpha value is -0.650. The molecule has 0 saturated heterocycles. The zero-order chi connectivity index (χ0) is 8.91. The van der Waals surface area contributed by atoms with Crippen molar-refractivity contribution in [2.45, 2.75) is 12.8 Å². The Balaban J connectivity index is 3.78. The fourth-order valence-corrected chi connectivity index (χ4v) is 0.469. The first kappa shape index (κ1) is 10.3. The van der Waals surface area contributed by atoms with Crippen molar-refractivity contribution in [1.82, 2.24) is 11.1 Å². The molecule has 11 heavy (non-hydrogen) atoms. The molecule has 0 unspecified atom stereocenters. The lowest BCUT2D eigenvalue weighted by Gasteiger charge is -2.26. The van der Waals surface area contributed by atoms with Gasteiger partial charge in [-0.15, -0.1) is 0 Å². The van der Waals surface area contributed by atoms with Gasteiger partial charge in [-0.25, -0.2) is 0 Å². The van der Waals surface area contributed by atoms with Gasteiger partial charge in [0.05, 0.1) is 6.54 Å². The van der Waals surface area contributed by atoms with Gasteiger partial charge in [0.15, 0.2) is 0 Å². The van der Waals surface area contributed by atoms with Crippen molar-refractivity contribution >= 4 is 5.91 Å². The maximum atomic E-state index is 10.2. The van der Waals surface area contributed by atoms with Crippen molar-refractivity contribution in [1.29, 1.82) is 0 Å². The van der Waals surface area contributed by atoms with Gasteiger partial charge in [-0.1, -0.05) is 0 Å². The monoisotopic (exact) mass is 161 g/mol. The lowest BCUT2D eigenvalue weighted by molar-refractivity contribution is -0.214. The average molecular weight is 161 g/mol. The number of rotatable bonds is 5. The summed E-state index contributed by atoms with van der Waals surface area (Å²) in [6.07, 6.45) is 0. The van der Waals surface area contributed by atoms with Crippen LogP contribution in [0.3, 0.4) is 0 Å². The van der Waals surface area contributed by atoms with Crippen LogP contribution in [-0.2, 0) is 14.3 Å². The molecule has 0 saturated carbocycles. The van der Waals surface area contributed by atoms with E-state index in [9.17, 15) is 4.79 Å². The highest BCUT2D eigenvalue weighted by Crippen LogP contribution is 2.02. The predicted molar refractivity (Wildman–Crippen MR) is 38.5 cm³/mol. The lowest BCUT2D eigenvalue weighted by atomic mass is 10.5. The Morgan fingerprint density at radius 3 is 2.27 bits per heavy atom. The van der Waals surface area contributed by atoms with Crippen LogP contribution >= 0.6 is 0 Å². The van der Waals surface area contributed by atoms with Gasteiger partial charge in [-0.05, 0) is 0 Å². The molecular weight excluding hydrogens is 148 g/mol. The van der Waals surface area contributed by atoms with Gasteiger partial charge >= 0.3 is 0 Å². The SMILES string of the molecule is COC(C)(NCC([NH])=O)OC. The number of ether oxygens (including phenoxy) is 2. The van der Waals surface area contributed by atoms with E-state index in [0.717, 1.165) is 0 Å². The molecule has 0 aromatic carbocycles. The number of hydrogen-bond donors (Lipinski definition) is 1. The number of amides is 1. The van der Waals surface area contributed by atoms with Gasteiger partial charge in [0.1, 0.15) is 0 Å². The Morgan fingerprint density at radius 1 is 1.55 bits per heavy atom. The Bertz CT molecular complexity index is 134. The van der Waals surface area contributed by atoms with Gasteiger partial charge in [0.25, 0.3) is 5.91 Å². The Morgan fingerprint density at radius 2 is 2.00 bits per heavy atom. The van der Waals surface area contributed by atoms with Crippen LogP contribution in [0.2, 0.25) is 0 Å². The molecule has 0 fully saturated rings. The molecule has 0 aliphatic rings. The van der Waals surface area contributed by atoms with Crippen molar-refractivity contribution in [2.24, 2.45) is 0 Å². The van der Waals surface area contributed by atoms with Crippen LogP contribution in [0.5, 0.6) is 0 Å². The summed E-state index contributed by atoms with van der Waals surface area (Å²) in [4.78, 5) is 10.2. The van der Waals surface area contributed by atoms with Crippen LogP contribution in [0, 0.1) is 0 Å². The summed E-state index contributed by atoms with van der Waals surface area (Å²) >= 11 is 0. The first-order chi connectivity index (χ1) is 5.04. The molecule has 0 aromatic heterocycles. The van der Waals surface area contributed by atoms with Gasteiger partial charge < -0.3 is 9.47 Å². The number of methoxy groups -OCH3 is 2. The number of carbonyl (C=O) groups excluding carboxylic acids is 1. The molecule has 0 aliphatic carbocycles. The maximum absolute atomic E-state index is 10.2. The third-order valence-corrected chi connectivity index (χ3v) is 1.35. The van der Waals surface area contributed by atoms with Crippen molar-refractivity contribution in [3.8, 4) is 0 Å². The molecule has 0 aromatic rings. The van der Waals surface area contributed by atoms with Crippen LogP contribution in [0.4, 0.5) is 0 Å². The summed E-state index contributed by atoms with van der Waals surface area (Å²) in [5, 5.41) is 2.61. The first-order valence-corrected chi connectivity index (χ1v) is 3.14. The van der Waals surface area contributed by atoms with Crippen molar-refractivity contribution in [3.05, 3.63) is 0 Å². The van der Waals surface area contributed by atoms with Crippen LogP contribution in [-0.4, -0.2) is 32.6 Å². The van der Waals surface area contributed by atoms with E-state index in [0.29, 0.717) is 0 Å². The number of hydrogen-bond acceptors (Lipinski definition) is 4. The minimum atomic E-state index is -0.975. The van der Waals surface area contributed by atoms with Crippen LogP contribution in [0.25, 0.3) is 0 Å². The molecule has 0 heterocycles. The summed E-state index contributed by atoms with van der Waals surface area (Å²) in [5.74, 6) is -1.68. The summed E-state index contributed by atoms with van der Waals surface area (Å²) in [5.41, 5.74) is 6.60. The zero-order valence-corrected chi connectivity index (χ0v) is 6.93. The highest BCUT2D eigenvalue weighted by atomic mass is 16.7. The molecule has 1 amide bonds. The third kappa shape index (κ3) is 3.92. The molecule has 0 spiro atoms. The lowest BCUT2D eigenvalue weighted by Crippen LogP contribution is -2.48. The highest BCUT2D eigenvalue weighted by molar-refractivity contribution is 5.75. The largest absolute Gasteiger partial charge is 0.341 e. The second-order valence-electron chi connectivity index (χ2n) is 2.13. The summed E-state index contributed by atoms with van der Waals surface area (Å²) in [6.45, 7) is 1.54. The van der Waals surface area contributed by atoms with E-state index in [-0.39, 0.29) is 6.54 Å². The van der Waals surface area contributed by atoms with Crippen LogP contribution < -0.4 is 11.1 Å². The third-order valence-electron chi connectivity index (χ3n) is 1.35. The summed E-state index contributed by atoms with van der Waals surface area (Å²) in [7, 11) is 2.90. The molecule has 5 nitrogen and oxygen atoms in total. The first-order valence-electron chi connectivity index (χ1n) is 3.14. The summed E-state index contributed by atoms with van der Waals surface area (Å²) < 4.78 is 9.74. The fourth-order valence-electron chi connectivity index (χ4n) is 0.469. The van der Waals surface area contributed by atoms with E-state index in [1.54, 1.807) is 6.92 Å². The number of carbonyl (C=O) groups is 1. The van der Waals surface area contributed by atoms with E-state index >= 15 is 0 Å². The zero-order valence-electron chi connectivity index (χ0n) is 6.93.